The highest BCUT2D eigenvalue weighted by molar-refractivity contribution is 5.74. The Labute approximate surface area is 478 Å². The Bertz CT molecular complexity index is 1790. The first-order valence-electron chi connectivity index (χ1n) is 30.9. The molecule has 0 bridgehead atoms. The van der Waals surface area contributed by atoms with Gasteiger partial charge >= 0.3 is 23.9 Å². The van der Waals surface area contributed by atoms with Crippen LogP contribution < -0.4 is 0 Å². The molecule has 0 aromatic heterocycles. The van der Waals surface area contributed by atoms with Crippen molar-refractivity contribution in [2.24, 2.45) is 0 Å². The summed E-state index contributed by atoms with van der Waals surface area (Å²) in [6, 6.07) is 0. The van der Waals surface area contributed by atoms with Crippen molar-refractivity contribution in [3.8, 4) is 0 Å². The fourth-order valence-electron chi connectivity index (χ4n) is 8.64. The normalized spacial score (nSPS) is 18.6. The first kappa shape index (κ1) is 72.4. The Balaban J connectivity index is 2.70. The molecular formula is C67H108O12. The van der Waals surface area contributed by atoms with E-state index < -0.39 is 67.3 Å². The van der Waals surface area contributed by atoms with E-state index >= 15 is 0 Å². The summed E-state index contributed by atoms with van der Waals surface area (Å²) in [6.07, 6.45) is 60.5. The summed E-state index contributed by atoms with van der Waals surface area (Å²) < 4.78 is 28.4. The van der Waals surface area contributed by atoms with Gasteiger partial charge in [-0.15, -0.1) is 0 Å². The van der Waals surface area contributed by atoms with Crippen LogP contribution in [0.25, 0.3) is 0 Å². The number of aliphatic hydroxyl groups is 2. The molecule has 0 saturated carbocycles. The van der Waals surface area contributed by atoms with E-state index in [0.29, 0.717) is 19.3 Å². The van der Waals surface area contributed by atoms with Crippen molar-refractivity contribution in [1.82, 2.24) is 0 Å². The van der Waals surface area contributed by atoms with Crippen LogP contribution in [0.15, 0.2) is 109 Å². The number of carbonyl (C=O) groups is 4. The summed E-state index contributed by atoms with van der Waals surface area (Å²) >= 11 is 0. The smallest absolute Gasteiger partial charge is 0.335 e. The van der Waals surface area contributed by atoms with Crippen LogP contribution in [0.4, 0.5) is 0 Å². The van der Waals surface area contributed by atoms with Gasteiger partial charge in [-0.3, -0.25) is 14.4 Å². The van der Waals surface area contributed by atoms with Crippen LogP contribution in [0, 0.1) is 0 Å². The van der Waals surface area contributed by atoms with Crippen LogP contribution >= 0.6 is 0 Å². The molecule has 448 valence electrons. The third kappa shape index (κ3) is 43.8. The van der Waals surface area contributed by atoms with Crippen LogP contribution in [0.1, 0.15) is 239 Å². The third-order valence-electron chi connectivity index (χ3n) is 13.3. The van der Waals surface area contributed by atoms with E-state index in [-0.39, 0.29) is 25.9 Å². The van der Waals surface area contributed by atoms with Gasteiger partial charge in [0.2, 0.25) is 0 Å². The molecule has 1 fully saturated rings. The molecule has 1 saturated heterocycles. The molecule has 12 heteroatoms. The number of aliphatic hydroxyl groups excluding tert-OH is 2. The highest BCUT2D eigenvalue weighted by Crippen LogP contribution is 2.26. The summed E-state index contributed by atoms with van der Waals surface area (Å²) in [5.74, 6) is -3.21. The molecule has 1 aliphatic heterocycles. The Hall–Kier alpha value is -4.62. The van der Waals surface area contributed by atoms with Crippen molar-refractivity contribution in [3.63, 3.8) is 0 Å². The predicted octanol–water partition coefficient (Wildman–Crippen LogP) is 16.2. The lowest BCUT2D eigenvalue weighted by Crippen LogP contribution is -2.61. The molecule has 1 aliphatic rings. The number of carbonyl (C=O) groups excluding carboxylic acids is 3. The molecule has 79 heavy (non-hydrogen) atoms. The van der Waals surface area contributed by atoms with Gasteiger partial charge in [-0.25, -0.2) is 4.79 Å². The number of aliphatic carboxylic acids is 1. The number of unbranched alkanes of at least 4 members (excludes halogenated alkanes) is 19. The van der Waals surface area contributed by atoms with Gasteiger partial charge in [0.05, 0.1) is 6.61 Å². The van der Waals surface area contributed by atoms with Gasteiger partial charge in [0, 0.05) is 19.3 Å². The lowest BCUT2D eigenvalue weighted by Gasteiger charge is -2.40. The number of allylic oxidation sites excluding steroid dienone is 18. The molecule has 0 spiro atoms. The predicted molar refractivity (Wildman–Crippen MR) is 321 cm³/mol. The van der Waals surface area contributed by atoms with Crippen molar-refractivity contribution in [2.45, 2.75) is 276 Å². The minimum absolute atomic E-state index is 0.0443. The van der Waals surface area contributed by atoms with E-state index in [4.69, 9.17) is 23.7 Å². The molecule has 0 radical (unpaired) electrons. The molecule has 0 aromatic rings. The number of carboxylic acids is 1. The van der Waals surface area contributed by atoms with Crippen LogP contribution in [0.2, 0.25) is 0 Å². The molecule has 1 heterocycles. The third-order valence-corrected chi connectivity index (χ3v) is 13.3. The van der Waals surface area contributed by atoms with E-state index in [1.807, 2.05) is 0 Å². The summed E-state index contributed by atoms with van der Waals surface area (Å²) in [6.45, 7) is 5.69. The number of hydrogen-bond acceptors (Lipinski definition) is 11. The molecule has 1 rings (SSSR count). The maximum Gasteiger partial charge on any atom is 0.335 e. The van der Waals surface area contributed by atoms with Gasteiger partial charge in [-0.05, 0) is 122 Å². The maximum absolute atomic E-state index is 13.2. The Kier molecular flexibility index (Phi) is 49.5. The standard InChI is InChI=1S/C67H108O12/c1-4-7-10-13-16-19-22-25-28-29-30-31-34-37-40-43-46-49-52-55-61(70)78-65-63(72)62(71)64(66(73)74)79-67(65)76-57-58(77-60(69)54-51-48-45-42-39-36-33-27-24-21-18-15-12-9-6-3)56-75-59(68)53-50-47-44-41-38-35-32-26-23-20-17-14-11-8-5-2/h8-9,11-12,16-21,25-28,32-33,38,41,58,62-65,67,71-72H,4-7,10,13-15,22-24,29-31,34-37,39-40,42-57H2,1-3H3,(H,73,74)/b11-8-,12-9-,19-16-,20-17-,21-18-,28-25-,32-26-,33-27-,41-38-. The number of hydrogen-bond donors (Lipinski definition) is 3. The van der Waals surface area contributed by atoms with E-state index in [2.05, 4.69) is 130 Å². The average molecular weight is 1110 g/mol. The van der Waals surface area contributed by atoms with Crippen LogP contribution in [-0.2, 0) is 42.9 Å². The molecule has 3 N–H and O–H groups in total. The number of carboxylic acid groups (broad SMARTS) is 1. The molecule has 0 aromatic carbocycles. The zero-order valence-electron chi connectivity index (χ0n) is 49.3. The molecule has 6 unspecified atom stereocenters. The van der Waals surface area contributed by atoms with E-state index in [9.17, 15) is 34.5 Å². The first-order valence-corrected chi connectivity index (χ1v) is 30.9. The molecule has 12 nitrogen and oxygen atoms in total. The molecule has 0 amide bonds. The fourth-order valence-corrected chi connectivity index (χ4v) is 8.64. The minimum Gasteiger partial charge on any atom is -0.479 e. The van der Waals surface area contributed by atoms with Crippen LogP contribution in [0.5, 0.6) is 0 Å². The lowest BCUT2D eigenvalue weighted by atomic mass is 9.98. The second kappa shape index (κ2) is 54.0. The Morgan fingerprint density at radius 2 is 0.797 bits per heavy atom. The van der Waals surface area contributed by atoms with Gasteiger partial charge < -0.3 is 39.0 Å². The van der Waals surface area contributed by atoms with Crippen molar-refractivity contribution in [3.05, 3.63) is 109 Å². The Morgan fingerprint density at radius 3 is 1.24 bits per heavy atom. The number of ether oxygens (including phenoxy) is 5. The quantitative estimate of drug-likeness (QED) is 0.0228. The van der Waals surface area contributed by atoms with E-state index in [1.165, 1.54) is 51.4 Å². The van der Waals surface area contributed by atoms with Crippen molar-refractivity contribution in [1.29, 1.82) is 0 Å². The summed E-state index contributed by atoms with van der Waals surface area (Å²) in [5.41, 5.74) is 0. The summed E-state index contributed by atoms with van der Waals surface area (Å²) in [7, 11) is 0. The number of rotatable bonds is 51. The van der Waals surface area contributed by atoms with Gasteiger partial charge in [0.15, 0.2) is 24.6 Å². The lowest BCUT2D eigenvalue weighted by molar-refractivity contribution is -0.301. The van der Waals surface area contributed by atoms with Crippen LogP contribution in [0.3, 0.4) is 0 Å². The zero-order chi connectivity index (χ0) is 57.5. The molecular weight excluding hydrogens is 997 g/mol. The van der Waals surface area contributed by atoms with Gasteiger partial charge in [-0.1, -0.05) is 207 Å². The summed E-state index contributed by atoms with van der Waals surface area (Å²) in [4.78, 5) is 51.2. The highest BCUT2D eigenvalue weighted by atomic mass is 16.7. The van der Waals surface area contributed by atoms with Crippen molar-refractivity contribution < 1.29 is 58.2 Å². The van der Waals surface area contributed by atoms with Crippen molar-refractivity contribution in [2.75, 3.05) is 13.2 Å². The Morgan fingerprint density at radius 1 is 0.430 bits per heavy atom. The minimum atomic E-state index is -1.92. The second-order valence-electron chi connectivity index (χ2n) is 20.6. The van der Waals surface area contributed by atoms with Gasteiger partial charge in [0.25, 0.3) is 0 Å². The first-order chi connectivity index (χ1) is 38.6. The average Bonchev–Trinajstić information content (AvgIpc) is 3.46. The molecule has 6 atom stereocenters. The zero-order valence-corrected chi connectivity index (χ0v) is 49.3. The fraction of sp³-hybridized carbons (Fsp3) is 0.672. The largest absolute Gasteiger partial charge is 0.479 e. The maximum atomic E-state index is 13.2. The topological polar surface area (TPSA) is 175 Å². The molecule has 0 aliphatic carbocycles. The van der Waals surface area contributed by atoms with E-state index in [0.717, 1.165) is 128 Å². The highest BCUT2D eigenvalue weighted by Gasteiger charge is 2.50. The van der Waals surface area contributed by atoms with Crippen molar-refractivity contribution >= 4 is 23.9 Å². The second-order valence-corrected chi connectivity index (χ2v) is 20.6. The van der Waals surface area contributed by atoms with Gasteiger partial charge in [-0.2, -0.15) is 0 Å². The SMILES string of the molecule is CC/C=C\C/C=C\C/C=C\C/C=C\CCCCC(=O)OCC(COC1OC(C(=O)O)C(O)C(O)C1OC(=O)CCCCCCCCCCC/C=C\C/C=C\CCCCC)OC(=O)CCCCCCC/C=C\C/C=C\C/C=C\CC. The number of esters is 3. The van der Waals surface area contributed by atoms with Gasteiger partial charge in [0.1, 0.15) is 18.8 Å². The van der Waals surface area contributed by atoms with E-state index in [1.54, 1.807) is 0 Å². The monoisotopic (exact) mass is 1100 g/mol. The van der Waals surface area contributed by atoms with Crippen LogP contribution in [-0.4, -0.2) is 89.2 Å². The summed E-state index contributed by atoms with van der Waals surface area (Å²) in [5, 5.41) is 31.6.